The first-order chi connectivity index (χ1) is 3.06. The molecule has 8 heavy (non-hydrogen) atoms. The van der Waals surface area contributed by atoms with Gasteiger partial charge in [-0.3, -0.25) is 0 Å². The van der Waals surface area contributed by atoms with Gasteiger partial charge in [0.2, 0.25) is 0 Å². The van der Waals surface area contributed by atoms with E-state index in [9.17, 15) is 9.46 Å². The van der Waals surface area contributed by atoms with Gasteiger partial charge in [0.05, 0.1) is 6.61 Å². The molecule has 0 fully saturated rings. The van der Waals surface area contributed by atoms with Gasteiger partial charge in [0.1, 0.15) is 7.60 Å². The fourth-order valence-corrected chi connectivity index (χ4v) is 0.704. The van der Waals surface area contributed by atoms with E-state index < -0.39 is 7.60 Å². The Hall–Kier alpha value is 1.41. The van der Waals surface area contributed by atoms with Gasteiger partial charge in [0.15, 0.2) is 0 Å². The van der Waals surface area contributed by atoms with Crippen LogP contribution in [0, 0.1) is 0 Å². The normalized spacial score (nSPS) is 16.4. The molecule has 0 rings (SSSR count). The molecule has 5 heteroatoms. The van der Waals surface area contributed by atoms with Gasteiger partial charge in [-0.15, -0.1) is 0 Å². The smallest absolute Gasteiger partial charge is 0.779 e. The summed E-state index contributed by atoms with van der Waals surface area (Å²) in [5.74, 6) is 0. The first kappa shape index (κ1) is 12.1. The predicted molar refractivity (Wildman–Crippen MR) is 30.9 cm³/mol. The van der Waals surface area contributed by atoms with Crippen LogP contribution in [0.1, 0.15) is 6.92 Å². The Morgan fingerprint density at radius 2 is 2.12 bits per heavy atom. The molecule has 0 aromatic heterocycles. The van der Waals surface area contributed by atoms with Crippen molar-refractivity contribution in [2.45, 2.75) is 6.92 Å². The van der Waals surface area contributed by atoms with Crippen molar-refractivity contribution >= 4 is 45.3 Å². The summed E-state index contributed by atoms with van der Waals surface area (Å²) in [6, 6.07) is 0. The summed E-state index contributed by atoms with van der Waals surface area (Å²) in [5, 5.41) is 0. The van der Waals surface area contributed by atoms with Crippen LogP contribution in [0.4, 0.5) is 0 Å². The van der Waals surface area contributed by atoms with E-state index in [0.717, 1.165) is 6.66 Å². The molecule has 44 valence electrons. The summed E-state index contributed by atoms with van der Waals surface area (Å²) in [6.07, 6.45) is 0. The van der Waals surface area contributed by atoms with Crippen LogP contribution in [-0.2, 0) is 9.09 Å². The topological polar surface area (TPSA) is 49.4 Å². The van der Waals surface area contributed by atoms with Crippen molar-refractivity contribution < 1.29 is 14.0 Å². The maximum absolute atomic E-state index is 10.0. The van der Waals surface area contributed by atoms with Gasteiger partial charge < -0.3 is 14.0 Å². The van der Waals surface area contributed by atoms with E-state index in [0.29, 0.717) is 0 Å². The Morgan fingerprint density at radius 3 is 2.12 bits per heavy atom. The van der Waals surface area contributed by atoms with Gasteiger partial charge >= 0.3 is 37.7 Å². The van der Waals surface area contributed by atoms with Crippen LogP contribution in [0.25, 0.3) is 0 Å². The van der Waals surface area contributed by atoms with Gasteiger partial charge in [-0.25, -0.2) is 0 Å². The quantitative estimate of drug-likeness (QED) is 0.419. The van der Waals surface area contributed by atoms with Crippen LogP contribution in [0.15, 0.2) is 0 Å². The number of hydrogen-bond acceptors (Lipinski definition) is 3. The predicted octanol–water partition coefficient (Wildman–Crippen LogP) is -0.175. The molecule has 0 aromatic carbocycles. The Labute approximate surface area is 79.0 Å². The maximum atomic E-state index is 10.0. The second kappa shape index (κ2) is 5.21. The van der Waals surface area contributed by atoms with E-state index in [1.165, 1.54) is 0 Å². The third-order valence-corrected chi connectivity index (χ3v) is 1.09. The molecule has 0 heterocycles. The van der Waals surface area contributed by atoms with Crippen LogP contribution >= 0.6 is 7.60 Å². The van der Waals surface area contributed by atoms with E-state index in [-0.39, 0.29) is 44.3 Å². The first-order valence-corrected chi connectivity index (χ1v) is 3.98. The summed E-state index contributed by atoms with van der Waals surface area (Å²) in [7, 11) is -3.42. The zero-order chi connectivity index (χ0) is 5.91. The van der Waals surface area contributed by atoms with Crippen LogP contribution < -0.4 is 4.89 Å². The third-order valence-electron chi connectivity index (χ3n) is 0.364. The Kier molecular flexibility index (Phi) is 7.90. The van der Waals surface area contributed by atoms with Crippen LogP contribution in [0.3, 0.4) is 0 Å². The standard InChI is InChI=1S/C3H9O3P.Ca/c1-3-6-7(2,4)5;/h3H2,1-2H3,(H,4,5);/q;+2/p-1. The van der Waals surface area contributed by atoms with Crippen LogP contribution in [0.5, 0.6) is 0 Å². The Morgan fingerprint density at radius 1 is 1.75 bits per heavy atom. The average Bonchev–Trinajstić information content (AvgIpc) is 1.30. The molecule has 0 saturated carbocycles. The molecule has 0 aliphatic rings. The zero-order valence-corrected chi connectivity index (χ0v) is 8.19. The molecule has 0 spiro atoms. The molecule has 0 saturated heterocycles. The molecular weight excluding hydrogens is 155 g/mol. The van der Waals surface area contributed by atoms with E-state index in [4.69, 9.17) is 0 Å². The monoisotopic (exact) mass is 163 g/mol. The minimum absolute atomic E-state index is 0. The zero-order valence-electron chi connectivity index (χ0n) is 5.09. The molecule has 1 unspecified atom stereocenters. The maximum Gasteiger partial charge on any atom is 2.00 e. The molecular formula is C3H8CaO3P+. The molecule has 3 nitrogen and oxygen atoms in total. The molecule has 0 bridgehead atoms. The fraction of sp³-hybridized carbons (Fsp3) is 1.00. The SMILES string of the molecule is CCOP(C)(=O)[O-].[Ca+2]. The van der Waals surface area contributed by atoms with Crippen molar-refractivity contribution in [3.8, 4) is 0 Å². The minimum atomic E-state index is -3.42. The van der Waals surface area contributed by atoms with Crippen molar-refractivity contribution in [2.24, 2.45) is 0 Å². The Bertz CT molecular complexity index is 88.5. The molecule has 0 aromatic rings. The molecule has 0 radical (unpaired) electrons. The van der Waals surface area contributed by atoms with Crippen molar-refractivity contribution in [3.05, 3.63) is 0 Å². The summed E-state index contributed by atoms with van der Waals surface area (Å²) in [5.41, 5.74) is 0. The van der Waals surface area contributed by atoms with E-state index in [1.54, 1.807) is 6.92 Å². The molecule has 0 N–H and O–H groups in total. The van der Waals surface area contributed by atoms with Gasteiger partial charge in [-0.1, -0.05) is 0 Å². The van der Waals surface area contributed by atoms with Crippen LogP contribution in [0.2, 0.25) is 0 Å². The second-order valence-electron chi connectivity index (χ2n) is 1.19. The molecule has 0 amide bonds. The summed E-state index contributed by atoms with van der Waals surface area (Å²) in [4.78, 5) is 10.0. The van der Waals surface area contributed by atoms with Crippen molar-refractivity contribution in [1.29, 1.82) is 0 Å². The number of hydrogen-bond donors (Lipinski definition) is 0. The van der Waals surface area contributed by atoms with Crippen molar-refractivity contribution in [1.82, 2.24) is 0 Å². The fourth-order valence-electron chi connectivity index (χ4n) is 0.235. The first-order valence-electron chi connectivity index (χ1n) is 1.99. The minimum Gasteiger partial charge on any atom is -0.779 e. The average molecular weight is 163 g/mol. The van der Waals surface area contributed by atoms with E-state index >= 15 is 0 Å². The van der Waals surface area contributed by atoms with Crippen molar-refractivity contribution in [2.75, 3.05) is 13.3 Å². The molecule has 0 aliphatic heterocycles. The Balaban J connectivity index is 0. The van der Waals surface area contributed by atoms with Crippen molar-refractivity contribution in [3.63, 3.8) is 0 Å². The van der Waals surface area contributed by atoms with Gasteiger partial charge in [-0.2, -0.15) is 0 Å². The molecule has 0 aliphatic carbocycles. The van der Waals surface area contributed by atoms with E-state index in [2.05, 4.69) is 4.52 Å². The second-order valence-corrected chi connectivity index (χ2v) is 2.99. The van der Waals surface area contributed by atoms with Gasteiger partial charge in [0, 0.05) is 6.66 Å². The number of rotatable bonds is 2. The van der Waals surface area contributed by atoms with E-state index in [1.807, 2.05) is 0 Å². The summed E-state index contributed by atoms with van der Waals surface area (Å²) < 4.78 is 14.3. The largest absolute Gasteiger partial charge is 2.00 e. The summed E-state index contributed by atoms with van der Waals surface area (Å²) >= 11 is 0. The van der Waals surface area contributed by atoms with Crippen LogP contribution in [-0.4, -0.2) is 51.0 Å². The summed E-state index contributed by atoms with van der Waals surface area (Å²) in [6.45, 7) is 2.92. The van der Waals surface area contributed by atoms with Gasteiger partial charge in [-0.05, 0) is 6.92 Å². The van der Waals surface area contributed by atoms with Gasteiger partial charge in [0.25, 0.3) is 0 Å². The molecule has 1 atom stereocenters. The third kappa shape index (κ3) is 10.4.